The third kappa shape index (κ3) is 3.97. The van der Waals surface area contributed by atoms with Gasteiger partial charge in [0.1, 0.15) is 5.82 Å². The van der Waals surface area contributed by atoms with Crippen LogP contribution in [0.5, 0.6) is 0 Å². The Kier molecular flexibility index (Phi) is 5.63. The van der Waals surface area contributed by atoms with Crippen LogP contribution >= 0.6 is 23.2 Å². The average Bonchev–Trinajstić information content (AvgIpc) is 2.43. The zero-order valence-corrected chi connectivity index (χ0v) is 13.6. The highest BCUT2D eigenvalue weighted by Crippen LogP contribution is 2.28. The van der Waals surface area contributed by atoms with Crippen LogP contribution < -0.4 is 5.32 Å². The van der Waals surface area contributed by atoms with Crippen LogP contribution in [0, 0.1) is 12.7 Å². The van der Waals surface area contributed by atoms with E-state index in [4.69, 9.17) is 23.2 Å². The summed E-state index contributed by atoms with van der Waals surface area (Å²) in [5, 5.41) is 4.35. The first-order valence-electron chi connectivity index (χ1n) is 6.95. The van der Waals surface area contributed by atoms with Crippen molar-refractivity contribution < 1.29 is 4.39 Å². The zero-order chi connectivity index (χ0) is 15.4. The van der Waals surface area contributed by atoms with Crippen LogP contribution in [0.2, 0.25) is 10.0 Å². The van der Waals surface area contributed by atoms with Crippen molar-refractivity contribution in [2.45, 2.75) is 26.3 Å². The largest absolute Gasteiger partial charge is 0.310 e. The van der Waals surface area contributed by atoms with Gasteiger partial charge in [0.15, 0.2) is 0 Å². The number of aryl methyl sites for hydroxylation is 1. The predicted molar refractivity (Wildman–Crippen MR) is 87.7 cm³/mol. The molecule has 1 unspecified atom stereocenters. The Morgan fingerprint density at radius 1 is 1.19 bits per heavy atom. The van der Waals surface area contributed by atoms with Gasteiger partial charge >= 0.3 is 0 Å². The molecule has 0 bridgehead atoms. The topological polar surface area (TPSA) is 12.0 Å². The average molecular weight is 326 g/mol. The Hall–Kier alpha value is -1.09. The molecule has 0 aliphatic rings. The molecule has 2 aromatic rings. The molecule has 0 radical (unpaired) electrons. The van der Waals surface area contributed by atoms with Crippen molar-refractivity contribution in [3.63, 3.8) is 0 Å². The normalized spacial score (nSPS) is 12.4. The highest BCUT2D eigenvalue weighted by Gasteiger charge is 2.16. The molecule has 0 aromatic heterocycles. The maximum absolute atomic E-state index is 13.6. The summed E-state index contributed by atoms with van der Waals surface area (Å²) in [6.07, 6.45) is 0.632. The highest BCUT2D eigenvalue weighted by atomic mass is 35.5. The Morgan fingerprint density at radius 2 is 1.95 bits per heavy atom. The van der Waals surface area contributed by atoms with Crippen LogP contribution in [-0.2, 0) is 6.42 Å². The number of likely N-dealkylation sites (N-methyl/N-ethyl adjacent to an activating group) is 1. The van der Waals surface area contributed by atoms with Crippen molar-refractivity contribution >= 4 is 23.2 Å². The molecule has 4 heteroatoms. The minimum Gasteiger partial charge on any atom is -0.310 e. The molecule has 0 aliphatic carbocycles. The summed E-state index contributed by atoms with van der Waals surface area (Å²) in [4.78, 5) is 0. The van der Waals surface area contributed by atoms with Crippen LogP contribution in [0.25, 0.3) is 0 Å². The summed E-state index contributed by atoms with van der Waals surface area (Å²) in [6, 6.07) is 10.8. The summed E-state index contributed by atoms with van der Waals surface area (Å²) in [5.41, 5.74) is 3.07. The third-order valence-corrected chi connectivity index (χ3v) is 4.17. The number of hydrogen-bond donors (Lipinski definition) is 1. The van der Waals surface area contributed by atoms with E-state index in [1.807, 2.05) is 38.1 Å². The van der Waals surface area contributed by atoms with Gasteiger partial charge in [0.2, 0.25) is 0 Å². The molecule has 0 spiro atoms. The van der Waals surface area contributed by atoms with E-state index in [0.717, 1.165) is 28.3 Å². The molecule has 21 heavy (non-hydrogen) atoms. The van der Waals surface area contributed by atoms with Crippen molar-refractivity contribution in [1.82, 2.24) is 5.32 Å². The van der Waals surface area contributed by atoms with E-state index in [1.165, 1.54) is 6.07 Å². The van der Waals surface area contributed by atoms with Crippen LogP contribution in [0.4, 0.5) is 4.39 Å². The Morgan fingerprint density at radius 3 is 2.62 bits per heavy atom. The van der Waals surface area contributed by atoms with Gasteiger partial charge in [0, 0.05) is 11.1 Å². The van der Waals surface area contributed by atoms with E-state index in [0.29, 0.717) is 6.42 Å². The highest BCUT2D eigenvalue weighted by molar-refractivity contribution is 6.31. The Bertz CT molecular complexity index is 628. The first kappa shape index (κ1) is 16.3. The molecule has 0 saturated carbocycles. The molecule has 0 heterocycles. The third-order valence-electron chi connectivity index (χ3n) is 3.51. The second-order valence-corrected chi connectivity index (χ2v) is 5.84. The van der Waals surface area contributed by atoms with Crippen molar-refractivity contribution in [3.05, 3.63) is 69.0 Å². The van der Waals surface area contributed by atoms with Gasteiger partial charge in [0.05, 0.1) is 5.02 Å². The minimum atomic E-state index is -0.378. The van der Waals surface area contributed by atoms with Crippen LogP contribution in [-0.4, -0.2) is 6.54 Å². The molecule has 0 fully saturated rings. The van der Waals surface area contributed by atoms with Crippen molar-refractivity contribution in [3.8, 4) is 0 Å². The van der Waals surface area contributed by atoms with E-state index in [2.05, 4.69) is 5.32 Å². The number of halogens is 3. The summed E-state index contributed by atoms with van der Waals surface area (Å²) in [7, 11) is 0. The Labute approximate surface area is 135 Å². The summed E-state index contributed by atoms with van der Waals surface area (Å²) in [6.45, 7) is 4.89. The fourth-order valence-electron chi connectivity index (χ4n) is 2.49. The van der Waals surface area contributed by atoms with Gasteiger partial charge in [-0.3, -0.25) is 0 Å². The van der Waals surface area contributed by atoms with E-state index < -0.39 is 0 Å². The second-order valence-electron chi connectivity index (χ2n) is 5.03. The molecular formula is C17H18Cl2FN. The summed E-state index contributed by atoms with van der Waals surface area (Å²) < 4.78 is 13.6. The fourth-order valence-corrected chi connectivity index (χ4v) is 2.92. The van der Waals surface area contributed by atoms with Gasteiger partial charge in [-0.15, -0.1) is 0 Å². The maximum atomic E-state index is 13.6. The van der Waals surface area contributed by atoms with E-state index in [9.17, 15) is 4.39 Å². The van der Waals surface area contributed by atoms with Gasteiger partial charge in [-0.05, 0) is 54.8 Å². The molecular weight excluding hydrogens is 308 g/mol. The lowest BCUT2D eigenvalue weighted by atomic mass is 9.95. The molecule has 1 atom stereocenters. The van der Waals surface area contributed by atoms with Crippen LogP contribution in [0.1, 0.15) is 29.7 Å². The van der Waals surface area contributed by atoms with Crippen molar-refractivity contribution in [2.75, 3.05) is 6.54 Å². The van der Waals surface area contributed by atoms with E-state index >= 15 is 0 Å². The summed E-state index contributed by atoms with van der Waals surface area (Å²) >= 11 is 12.1. The van der Waals surface area contributed by atoms with E-state index in [-0.39, 0.29) is 16.9 Å². The second kappa shape index (κ2) is 7.26. The molecule has 112 valence electrons. The van der Waals surface area contributed by atoms with Gasteiger partial charge in [0.25, 0.3) is 0 Å². The lowest BCUT2D eigenvalue weighted by Crippen LogP contribution is -2.24. The monoisotopic (exact) mass is 325 g/mol. The first-order chi connectivity index (χ1) is 10.0. The molecule has 0 saturated heterocycles. The lowest BCUT2D eigenvalue weighted by molar-refractivity contribution is 0.544. The van der Waals surface area contributed by atoms with Gasteiger partial charge in [-0.2, -0.15) is 0 Å². The smallest absolute Gasteiger partial charge is 0.142 e. The molecule has 1 N–H and O–H groups in total. The molecule has 2 rings (SSSR count). The number of rotatable bonds is 5. The van der Waals surface area contributed by atoms with Gasteiger partial charge in [-0.1, -0.05) is 48.3 Å². The maximum Gasteiger partial charge on any atom is 0.142 e. The van der Waals surface area contributed by atoms with Crippen molar-refractivity contribution in [2.24, 2.45) is 0 Å². The predicted octanol–water partition coefficient (Wildman–Crippen LogP) is 5.33. The van der Waals surface area contributed by atoms with Gasteiger partial charge in [-0.25, -0.2) is 4.39 Å². The minimum absolute atomic E-state index is 0.0755. The molecule has 0 aliphatic heterocycles. The fraction of sp³-hybridized carbons (Fsp3) is 0.294. The first-order valence-corrected chi connectivity index (χ1v) is 7.70. The zero-order valence-electron chi connectivity index (χ0n) is 12.1. The number of hydrogen-bond acceptors (Lipinski definition) is 1. The van der Waals surface area contributed by atoms with Crippen molar-refractivity contribution in [1.29, 1.82) is 0 Å². The molecule has 1 nitrogen and oxygen atoms in total. The molecule has 0 amide bonds. The summed E-state index contributed by atoms with van der Waals surface area (Å²) in [5.74, 6) is -0.378. The van der Waals surface area contributed by atoms with Crippen LogP contribution in [0.3, 0.4) is 0 Å². The Balaban J connectivity index is 2.33. The standard InChI is InChI=1S/C17H18Cl2FN/c1-3-21-16(14-8-7-13(18)9-11(14)2)10-12-5-4-6-15(20)17(12)19/h4-9,16,21H,3,10H2,1-2H3. The lowest BCUT2D eigenvalue weighted by Gasteiger charge is -2.21. The quantitative estimate of drug-likeness (QED) is 0.782. The SMILES string of the molecule is CCNC(Cc1cccc(F)c1Cl)c1ccc(Cl)cc1C. The van der Waals surface area contributed by atoms with E-state index in [1.54, 1.807) is 6.07 Å². The number of nitrogens with one attached hydrogen (secondary N) is 1. The van der Waals surface area contributed by atoms with Gasteiger partial charge < -0.3 is 5.32 Å². The van der Waals surface area contributed by atoms with Crippen LogP contribution in [0.15, 0.2) is 36.4 Å². The number of benzene rings is 2. The molecule has 2 aromatic carbocycles.